The molecule has 2 rings (SSSR count). The minimum absolute atomic E-state index is 0.0596. The van der Waals surface area contributed by atoms with Crippen molar-refractivity contribution in [3.05, 3.63) is 27.9 Å². The van der Waals surface area contributed by atoms with Crippen LogP contribution in [-0.4, -0.2) is 28.5 Å². The smallest absolute Gasteiger partial charge is 0.257 e. The van der Waals surface area contributed by atoms with Gasteiger partial charge in [-0.05, 0) is 13.0 Å². The molecule has 1 amide bonds. The SMILES string of the molecule is N#CCNC(=O)Cn1cnc2c(c1=O)CCNC2. The number of nitriles is 1. The van der Waals surface area contributed by atoms with E-state index in [2.05, 4.69) is 15.6 Å². The summed E-state index contributed by atoms with van der Waals surface area (Å²) in [5.74, 6) is -0.366. The van der Waals surface area contributed by atoms with Crippen molar-refractivity contribution in [3.8, 4) is 6.07 Å². The number of hydrogen-bond acceptors (Lipinski definition) is 5. The van der Waals surface area contributed by atoms with Gasteiger partial charge in [0.2, 0.25) is 5.91 Å². The highest BCUT2D eigenvalue weighted by molar-refractivity contribution is 5.75. The Morgan fingerprint density at radius 1 is 1.67 bits per heavy atom. The van der Waals surface area contributed by atoms with Gasteiger partial charge >= 0.3 is 0 Å². The molecule has 0 bridgehead atoms. The normalized spacial score (nSPS) is 13.5. The van der Waals surface area contributed by atoms with E-state index in [9.17, 15) is 9.59 Å². The van der Waals surface area contributed by atoms with Crippen molar-refractivity contribution >= 4 is 5.91 Å². The highest BCUT2D eigenvalue weighted by atomic mass is 16.2. The molecule has 0 aromatic carbocycles. The Kier molecular flexibility index (Phi) is 3.69. The van der Waals surface area contributed by atoms with Crippen LogP contribution in [0.4, 0.5) is 0 Å². The van der Waals surface area contributed by atoms with Crippen LogP contribution in [0.5, 0.6) is 0 Å². The summed E-state index contributed by atoms with van der Waals surface area (Å²) in [6.45, 7) is 1.17. The monoisotopic (exact) mass is 247 g/mol. The van der Waals surface area contributed by atoms with Crippen LogP contribution >= 0.6 is 0 Å². The van der Waals surface area contributed by atoms with Gasteiger partial charge < -0.3 is 10.6 Å². The van der Waals surface area contributed by atoms with Crippen LogP contribution < -0.4 is 16.2 Å². The van der Waals surface area contributed by atoms with Gasteiger partial charge in [-0.2, -0.15) is 5.26 Å². The zero-order valence-corrected chi connectivity index (χ0v) is 9.77. The van der Waals surface area contributed by atoms with Crippen molar-refractivity contribution in [3.63, 3.8) is 0 Å². The first kappa shape index (κ1) is 12.3. The number of nitrogens with zero attached hydrogens (tertiary/aromatic N) is 3. The molecule has 0 aliphatic carbocycles. The highest BCUT2D eigenvalue weighted by Crippen LogP contribution is 2.04. The zero-order chi connectivity index (χ0) is 13.0. The minimum Gasteiger partial charge on any atom is -0.341 e. The van der Waals surface area contributed by atoms with Crippen molar-refractivity contribution in [1.82, 2.24) is 20.2 Å². The zero-order valence-electron chi connectivity index (χ0n) is 9.77. The lowest BCUT2D eigenvalue weighted by molar-refractivity contribution is -0.121. The van der Waals surface area contributed by atoms with Gasteiger partial charge in [-0.15, -0.1) is 0 Å². The van der Waals surface area contributed by atoms with E-state index in [0.29, 0.717) is 18.5 Å². The van der Waals surface area contributed by atoms with E-state index < -0.39 is 0 Å². The van der Waals surface area contributed by atoms with Crippen LogP contribution in [0.2, 0.25) is 0 Å². The maximum Gasteiger partial charge on any atom is 0.257 e. The Hall–Kier alpha value is -2.20. The van der Waals surface area contributed by atoms with Gasteiger partial charge in [0, 0.05) is 12.1 Å². The van der Waals surface area contributed by atoms with E-state index in [4.69, 9.17) is 5.26 Å². The second-order valence-corrected chi connectivity index (χ2v) is 3.96. The van der Waals surface area contributed by atoms with Crippen molar-refractivity contribution in [1.29, 1.82) is 5.26 Å². The Morgan fingerprint density at radius 3 is 3.28 bits per heavy atom. The molecule has 1 aromatic rings. The number of fused-ring (bicyclic) bond motifs is 1. The van der Waals surface area contributed by atoms with Gasteiger partial charge in [0.15, 0.2) is 0 Å². The summed E-state index contributed by atoms with van der Waals surface area (Å²) < 4.78 is 1.27. The Labute approximate surface area is 103 Å². The summed E-state index contributed by atoms with van der Waals surface area (Å²) in [4.78, 5) is 27.7. The van der Waals surface area contributed by atoms with E-state index in [1.807, 2.05) is 0 Å². The Balaban J connectivity index is 2.17. The Bertz CT molecular complexity index is 558. The Morgan fingerprint density at radius 2 is 2.50 bits per heavy atom. The third-order valence-electron chi connectivity index (χ3n) is 2.74. The van der Waals surface area contributed by atoms with Gasteiger partial charge in [-0.25, -0.2) is 4.98 Å². The molecule has 0 fully saturated rings. The quantitative estimate of drug-likeness (QED) is 0.635. The summed E-state index contributed by atoms with van der Waals surface area (Å²) in [6, 6.07) is 1.81. The summed E-state index contributed by atoms with van der Waals surface area (Å²) in [5, 5.41) is 13.9. The number of aromatic nitrogens is 2. The lowest BCUT2D eigenvalue weighted by Gasteiger charge is -2.16. The number of amides is 1. The molecule has 7 heteroatoms. The predicted molar refractivity (Wildman–Crippen MR) is 62.5 cm³/mol. The van der Waals surface area contributed by atoms with Crippen LogP contribution in [-0.2, 0) is 24.3 Å². The number of carbonyl (C=O) groups is 1. The summed E-state index contributed by atoms with van der Waals surface area (Å²) in [5.41, 5.74) is 1.25. The predicted octanol–water partition coefficient (Wildman–Crippen LogP) is -1.47. The van der Waals surface area contributed by atoms with Gasteiger partial charge in [0.1, 0.15) is 13.1 Å². The van der Waals surface area contributed by atoms with E-state index in [1.165, 1.54) is 10.9 Å². The largest absolute Gasteiger partial charge is 0.341 e. The molecule has 0 unspecified atom stereocenters. The maximum atomic E-state index is 12.1. The molecule has 1 aliphatic heterocycles. The lowest BCUT2D eigenvalue weighted by Crippen LogP contribution is -2.37. The first-order valence-corrected chi connectivity index (χ1v) is 5.64. The topological polar surface area (TPSA) is 99.8 Å². The van der Waals surface area contributed by atoms with Gasteiger partial charge in [0.25, 0.3) is 5.56 Å². The summed E-state index contributed by atoms with van der Waals surface area (Å²) in [6.07, 6.45) is 2.00. The molecule has 18 heavy (non-hydrogen) atoms. The molecular formula is C11H13N5O2. The van der Waals surface area contributed by atoms with E-state index in [-0.39, 0.29) is 24.6 Å². The molecule has 0 saturated carbocycles. The fourth-order valence-electron chi connectivity index (χ4n) is 1.85. The number of rotatable bonds is 3. The van der Waals surface area contributed by atoms with Crippen molar-refractivity contribution in [2.24, 2.45) is 0 Å². The average molecular weight is 247 g/mol. The van der Waals surface area contributed by atoms with Crippen LogP contribution in [0.3, 0.4) is 0 Å². The molecule has 2 heterocycles. The standard InChI is InChI=1S/C11H13N5O2/c12-2-4-14-10(17)6-16-7-15-9-5-13-3-1-8(9)11(16)18/h7,13H,1,3-6H2,(H,14,17). The van der Waals surface area contributed by atoms with Gasteiger partial charge in [0.05, 0.1) is 18.1 Å². The third-order valence-corrected chi connectivity index (χ3v) is 2.74. The molecule has 94 valence electrons. The fraction of sp³-hybridized carbons (Fsp3) is 0.455. The van der Waals surface area contributed by atoms with Crippen molar-refractivity contribution in [2.45, 2.75) is 19.5 Å². The molecule has 0 saturated heterocycles. The van der Waals surface area contributed by atoms with Crippen LogP contribution in [0.25, 0.3) is 0 Å². The highest BCUT2D eigenvalue weighted by Gasteiger charge is 2.16. The summed E-state index contributed by atoms with van der Waals surface area (Å²) >= 11 is 0. The second kappa shape index (κ2) is 5.42. The second-order valence-electron chi connectivity index (χ2n) is 3.96. The van der Waals surface area contributed by atoms with Crippen molar-refractivity contribution < 1.29 is 4.79 Å². The first-order valence-electron chi connectivity index (χ1n) is 5.64. The van der Waals surface area contributed by atoms with Crippen molar-refractivity contribution in [2.75, 3.05) is 13.1 Å². The van der Waals surface area contributed by atoms with Gasteiger partial charge in [-0.3, -0.25) is 14.2 Å². The molecule has 1 aliphatic rings. The minimum atomic E-state index is -0.366. The molecule has 0 atom stereocenters. The molecule has 7 nitrogen and oxygen atoms in total. The maximum absolute atomic E-state index is 12.1. The number of hydrogen-bond donors (Lipinski definition) is 2. The molecule has 0 spiro atoms. The molecule has 0 radical (unpaired) electrons. The van der Waals surface area contributed by atoms with Crippen LogP contribution in [0.15, 0.2) is 11.1 Å². The molecular weight excluding hydrogens is 234 g/mol. The van der Waals surface area contributed by atoms with Crippen LogP contribution in [0, 0.1) is 11.3 Å². The average Bonchev–Trinajstić information content (AvgIpc) is 2.40. The lowest BCUT2D eigenvalue weighted by atomic mass is 10.1. The van der Waals surface area contributed by atoms with E-state index in [1.54, 1.807) is 6.07 Å². The van der Waals surface area contributed by atoms with E-state index >= 15 is 0 Å². The molecule has 2 N–H and O–H groups in total. The molecule has 1 aromatic heterocycles. The number of carbonyl (C=O) groups excluding carboxylic acids is 1. The first-order chi connectivity index (χ1) is 8.72. The fourth-order valence-corrected chi connectivity index (χ4v) is 1.85. The van der Waals surface area contributed by atoms with Gasteiger partial charge in [-0.1, -0.05) is 0 Å². The van der Waals surface area contributed by atoms with E-state index in [0.717, 1.165) is 12.2 Å². The third kappa shape index (κ3) is 2.55. The number of nitrogens with one attached hydrogen (secondary N) is 2. The summed E-state index contributed by atoms with van der Waals surface area (Å²) in [7, 11) is 0. The van der Waals surface area contributed by atoms with Crippen LogP contribution in [0.1, 0.15) is 11.3 Å².